The minimum atomic E-state index is 0.0561. The highest BCUT2D eigenvalue weighted by atomic mass is 79.9. The second kappa shape index (κ2) is 3.43. The molecule has 0 bridgehead atoms. The van der Waals surface area contributed by atoms with E-state index in [1.165, 1.54) is 0 Å². The Bertz CT molecular complexity index is 362. The van der Waals surface area contributed by atoms with E-state index >= 15 is 0 Å². The molecule has 0 N–H and O–H groups in total. The third-order valence-electron chi connectivity index (χ3n) is 2.41. The van der Waals surface area contributed by atoms with Crippen LogP contribution < -0.4 is 0 Å². The molecule has 1 aromatic carbocycles. The molecule has 1 unspecified atom stereocenters. The van der Waals surface area contributed by atoms with Crippen molar-refractivity contribution in [1.82, 2.24) is 0 Å². The van der Waals surface area contributed by atoms with Crippen LogP contribution in [0, 0.1) is 0 Å². The van der Waals surface area contributed by atoms with Gasteiger partial charge in [0.15, 0.2) is 0 Å². The zero-order valence-electron chi connectivity index (χ0n) is 6.89. The Morgan fingerprint density at radius 3 is 2.69 bits per heavy atom. The summed E-state index contributed by atoms with van der Waals surface area (Å²) in [6.07, 6.45) is 1.65. The van der Waals surface area contributed by atoms with Gasteiger partial charge in [-0.3, -0.25) is 4.79 Å². The Labute approximate surface area is 90.2 Å². The quantitative estimate of drug-likeness (QED) is 0.754. The molecular weight excluding hydrogens is 251 g/mol. The molecule has 2 rings (SSSR count). The molecule has 1 aromatic rings. The van der Waals surface area contributed by atoms with Gasteiger partial charge in [0.05, 0.1) is 0 Å². The van der Waals surface area contributed by atoms with E-state index in [4.69, 9.17) is 11.6 Å². The van der Waals surface area contributed by atoms with Gasteiger partial charge in [-0.1, -0.05) is 33.6 Å². The fraction of sp³-hybridized carbons (Fsp3) is 0.300. The fourth-order valence-corrected chi connectivity index (χ4v) is 2.32. The maximum Gasteiger partial charge on any atom is 0.140 e. The summed E-state index contributed by atoms with van der Waals surface area (Å²) in [6, 6.07) is 5.68. The molecule has 0 aliphatic heterocycles. The highest BCUT2D eigenvalue weighted by Crippen LogP contribution is 2.37. The second-order valence-corrected chi connectivity index (χ2v) is 4.55. The van der Waals surface area contributed by atoms with E-state index in [9.17, 15) is 4.79 Å². The highest BCUT2D eigenvalue weighted by molar-refractivity contribution is 9.10. The molecule has 0 amide bonds. The van der Waals surface area contributed by atoms with Crippen LogP contribution in [-0.2, 0) is 4.79 Å². The van der Waals surface area contributed by atoms with Crippen LogP contribution in [0.15, 0.2) is 22.7 Å². The van der Waals surface area contributed by atoms with Gasteiger partial charge in [0, 0.05) is 21.8 Å². The minimum absolute atomic E-state index is 0.0561. The normalized spacial score (nSPS) is 21.4. The molecule has 0 heterocycles. The molecule has 1 atom stereocenters. The Morgan fingerprint density at radius 2 is 2.23 bits per heavy atom. The lowest BCUT2D eigenvalue weighted by molar-refractivity contribution is -0.125. The van der Waals surface area contributed by atoms with Crippen molar-refractivity contribution >= 4 is 33.3 Å². The molecule has 1 nitrogen and oxygen atoms in total. The van der Waals surface area contributed by atoms with Gasteiger partial charge in [0.1, 0.15) is 5.78 Å². The standard InChI is InChI=1S/C10H8BrClO/c11-6-1-2-7(9(12)5-6)8-3-4-10(8)13/h1-2,5,8H,3-4H2. The van der Waals surface area contributed by atoms with Crippen LogP contribution in [0.2, 0.25) is 5.02 Å². The van der Waals surface area contributed by atoms with Gasteiger partial charge in [0.2, 0.25) is 0 Å². The van der Waals surface area contributed by atoms with Crippen LogP contribution >= 0.6 is 27.5 Å². The lowest BCUT2D eigenvalue weighted by Crippen LogP contribution is -2.23. The lowest BCUT2D eigenvalue weighted by atomic mass is 9.79. The summed E-state index contributed by atoms with van der Waals surface area (Å²) in [7, 11) is 0. The van der Waals surface area contributed by atoms with Crippen LogP contribution in [0.25, 0.3) is 0 Å². The average molecular weight is 260 g/mol. The summed E-state index contributed by atoms with van der Waals surface area (Å²) in [5.41, 5.74) is 0.973. The first kappa shape index (κ1) is 9.22. The smallest absolute Gasteiger partial charge is 0.140 e. The van der Waals surface area contributed by atoms with Crippen molar-refractivity contribution in [3.8, 4) is 0 Å². The summed E-state index contributed by atoms with van der Waals surface area (Å²) < 4.78 is 0.952. The monoisotopic (exact) mass is 258 g/mol. The lowest BCUT2D eigenvalue weighted by Gasteiger charge is -2.25. The van der Waals surface area contributed by atoms with Crippen LogP contribution in [-0.4, -0.2) is 5.78 Å². The van der Waals surface area contributed by atoms with Gasteiger partial charge in [-0.25, -0.2) is 0 Å². The number of rotatable bonds is 1. The van der Waals surface area contributed by atoms with Gasteiger partial charge >= 0.3 is 0 Å². The van der Waals surface area contributed by atoms with Crippen LogP contribution in [0.5, 0.6) is 0 Å². The van der Waals surface area contributed by atoms with Crippen molar-refractivity contribution in [3.05, 3.63) is 33.3 Å². The maximum absolute atomic E-state index is 11.2. The van der Waals surface area contributed by atoms with Crippen molar-refractivity contribution in [1.29, 1.82) is 0 Å². The summed E-state index contributed by atoms with van der Waals surface area (Å²) in [4.78, 5) is 11.2. The Morgan fingerprint density at radius 1 is 1.46 bits per heavy atom. The summed E-state index contributed by atoms with van der Waals surface area (Å²) in [6.45, 7) is 0. The SMILES string of the molecule is O=C1CCC1c1ccc(Br)cc1Cl. The van der Waals surface area contributed by atoms with Crippen LogP contribution in [0.3, 0.4) is 0 Å². The van der Waals surface area contributed by atoms with Gasteiger partial charge in [-0.05, 0) is 24.1 Å². The molecule has 1 aliphatic rings. The number of carbonyl (C=O) groups excluding carboxylic acids is 1. The Kier molecular flexibility index (Phi) is 2.43. The van der Waals surface area contributed by atoms with Gasteiger partial charge in [0.25, 0.3) is 0 Å². The van der Waals surface area contributed by atoms with Crippen molar-refractivity contribution in [2.45, 2.75) is 18.8 Å². The van der Waals surface area contributed by atoms with Gasteiger partial charge in [-0.15, -0.1) is 0 Å². The van der Waals surface area contributed by atoms with Crippen molar-refractivity contribution < 1.29 is 4.79 Å². The number of benzene rings is 1. The first-order chi connectivity index (χ1) is 6.18. The first-order valence-corrected chi connectivity index (χ1v) is 5.33. The zero-order valence-corrected chi connectivity index (χ0v) is 9.23. The second-order valence-electron chi connectivity index (χ2n) is 3.22. The first-order valence-electron chi connectivity index (χ1n) is 4.16. The number of carbonyl (C=O) groups is 1. The predicted octanol–water partition coefficient (Wildman–Crippen LogP) is 3.55. The summed E-state index contributed by atoms with van der Waals surface area (Å²) in [5.74, 6) is 0.366. The fourth-order valence-electron chi connectivity index (χ4n) is 1.52. The molecule has 1 saturated carbocycles. The van der Waals surface area contributed by atoms with Gasteiger partial charge in [-0.2, -0.15) is 0 Å². The molecular formula is C10H8BrClO. The molecule has 0 saturated heterocycles. The zero-order chi connectivity index (χ0) is 9.42. The van der Waals surface area contributed by atoms with E-state index < -0.39 is 0 Å². The maximum atomic E-state index is 11.2. The van der Waals surface area contributed by atoms with Crippen LogP contribution in [0.4, 0.5) is 0 Å². The van der Waals surface area contributed by atoms with E-state index in [1.54, 1.807) is 0 Å². The van der Waals surface area contributed by atoms with Crippen molar-refractivity contribution in [2.24, 2.45) is 0 Å². The molecule has 0 spiro atoms. The van der Waals surface area contributed by atoms with E-state index in [2.05, 4.69) is 15.9 Å². The van der Waals surface area contributed by atoms with E-state index in [0.717, 1.165) is 16.5 Å². The third kappa shape index (κ3) is 1.65. The van der Waals surface area contributed by atoms with Crippen LogP contribution in [0.1, 0.15) is 24.3 Å². The van der Waals surface area contributed by atoms with Crippen molar-refractivity contribution in [3.63, 3.8) is 0 Å². The largest absolute Gasteiger partial charge is 0.299 e. The molecule has 3 heteroatoms. The number of halogens is 2. The number of Topliss-reactive ketones (excluding diaryl/α,β-unsaturated/α-hetero) is 1. The number of hydrogen-bond acceptors (Lipinski definition) is 1. The third-order valence-corrected chi connectivity index (χ3v) is 3.23. The molecule has 0 aromatic heterocycles. The van der Waals surface area contributed by atoms with E-state index in [-0.39, 0.29) is 5.92 Å². The summed E-state index contributed by atoms with van der Waals surface area (Å²) >= 11 is 9.35. The van der Waals surface area contributed by atoms with E-state index in [0.29, 0.717) is 17.2 Å². The topological polar surface area (TPSA) is 17.1 Å². The average Bonchev–Trinajstić information content (AvgIpc) is 2.07. The van der Waals surface area contributed by atoms with Gasteiger partial charge < -0.3 is 0 Å². The molecule has 68 valence electrons. The Hall–Kier alpha value is -0.340. The van der Waals surface area contributed by atoms with Crippen molar-refractivity contribution in [2.75, 3.05) is 0 Å². The molecule has 0 radical (unpaired) electrons. The van der Waals surface area contributed by atoms with E-state index in [1.807, 2.05) is 18.2 Å². The molecule has 13 heavy (non-hydrogen) atoms. The molecule has 1 aliphatic carbocycles. The molecule has 1 fully saturated rings. The predicted molar refractivity (Wildman–Crippen MR) is 56.1 cm³/mol. The highest BCUT2D eigenvalue weighted by Gasteiger charge is 2.30. The number of hydrogen-bond donors (Lipinski definition) is 0. The number of ketones is 1. The Balaban J connectivity index is 2.35. The minimum Gasteiger partial charge on any atom is -0.299 e. The summed E-state index contributed by atoms with van der Waals surface area (Å²) in [5, 5.41) is 0.687.